The van der Waals surface area contributed by atoms with Crippen molar-refractivity contribution in [2.75, 3.05) is 6.54 Å². The van der Waals surface area contributed by atoms with Gasteiger partial charge in [0.15, 0.2) is 0 Å². The zero-order chi connectivity index (χ0) is 12.8. The average Bonchev–Trinajstić information content (AvgIpc) is 2.32. The summed E-state index contributed by atoms with van der Waals surface area (Å²) in [5.41, 5.74) is 1.75. The molecule has 3 heteroatoms. The van der Waals surface area contributed by atoms with E-state index >= 15 is 0 Å². The third kappa shape index (κ3) is 13.8. The first-order valence-electron chi connectivity index (χ1n) is 7.34. The molecule has 0 aliphatic heterocycles. The lowest BCUT2D eigenvalue weighted by Crippen LogP contribution is -2.21. The van der Waals surface area contributed by atoms with Gasteiger partial charge in [-0.3, -0.25) is 0 Å². The van der Waals surface area contributed by atoms with Gasteiger partial charge in [-0.05, 0) is 6.42 Å². The smallest absolute Gasteiger partial charge is 0.0655 e. The number of hydrogen-bond acceptors (Lipinski definition) is 3. The maximum absolute atomic E-state index is 10.0. The highest BCUT2D eigenvalue weighted by molar-refractivity contribution is 4.59. The topological polar surface area (TPSA) is 55.3 Å². The van der Waals surface area contributed by atoms with Gasteiger partial charge >= 0.3 is 0 Å². The van der Waals surface area contributed by atoms with Crippen LogP contribution in [0.5, 0.6) is 0 Å². The fourth-order valence-corrected chi connectivity index (χ4v) is 2.07. The normalized spacial score (nSPS) is 12.9. The van der Waals surface area contributed by atoms with Crippen LogP contribution in [0.3, 0.4) is 0 Å². The molecular formula is C14H30NO2-. The molecule has 0 amide bonds. The van der Waals surface area contributed by atoms with Crippen LogP contribution in [-0.4, -0.2) is 17.8 Å². The first-order valence-corrected chi connectivity index (χ1v) is 7.34. The van der Waals surface area contributed by atoms with E-state index in [1.54, 1.807) is 5.48 Å². The Morgan fingerprint density at radius 1 is 0.882 bits per heavy atom. The van der Waals surface area contributed by atoms with Crippen molar-refractivity contribution in [2.24, 2.45) is 0 Å². The van der Waals surface area contributed by atoms with Gasteiger partial charge in [0, 0.05) is 6.54 Å². The standard InChI is InChI=1S/C14H30NO2/c1-2-3-4-5-6-7-8-9-10-11-12-14(16)13-15-17/h14-16H,2-13H2,1H3/q-1. The maximum atomic E-state index is 10.0. The molecule has 0 aromatic carbocycles. The molecule has 1 atom stereocenters. The highest BCUT2D eigenvalue weighted by atomic mass is 16.5. The van der Waals surface area contributed by atoms with Gasteiger partial charge in [0.1, 0.15) is 0 Å². The fraction of sp³-hybridized carbons (Fsp3) is 1.00. The average molecular weight is 244 g/mol. The van der Waals surface area contributed by atoms with Gasteiger partial charge in [-0.25, -0.2) is 0 Å². The Kier molecular flexibility index (Phi) is 13.8. The minimum atomic E-state index is -0.457. The maximum Gasteiger partial charge on any atom is 0.0655 e. The Bertz CT molecular complexity index is 142. The van der Waals surface area contributed by atoms with E-state index in [1.165, 1.54) is 57.8 Å². The van der Waals surface area contributed by atoms with Crippen molar-refractivity contribution >= 4 is 0 Å². The van der Waals surface area contributed by atoms with Crippen molar-refractivity contribution in [1.29, 1.82) is 0 Å². The number of aliphatic hydroxyl groups is 1. The van der Waals surface area contributed by atoms with Gasteiger partial charge in [-0.15, -0.1) is 0 Å². The molecule has 104 valence electrons. The number of unbranched alkanes of at least 4 members (excludes halogenated alkanes) is 9. The Hall–Kier alpha value is -0.120. The van der Waals surface area contributed by atoms with E-state index in [0.717, 1.165) is 12.8 Å². The predicted molar refractivity (Wildman–Crippen MR) is 73.8 cm³/mol. The van der Waals surface area contributed by atoms with Crippen LogP contribution in [-0.2, 0) is 0 Å². The quantitative estimate of drug-likeness (QED) is 0.383. The second kappa shape index (κ2) is 13.9. The van der Waals surface area contributed by atoms with Crippen LogP contribution in [0.25, 0.3) is 0 Å². The molecule has 0 saturated carbocycles. The van der Waals surface area contributed by atoms with Crippen LogP contribution < -0.4 is 5.48 Å². The van der Waals surface area contributed by atoms with Crippen molar-refractivity contribution in [3.8, 4) is 0 Å². The molecule has 0 aliphatic carbocycles. The molecule has 0 spiro atoms. The summed E-state index contributed by atoms with van der Waals surface area (Å²) in [6.45, 7) is 2.42. The van der Waals surface area contributed by atoms with Crippen LogP contribution in [0.15, 0.2) is 0 Å². The molecule has 0 heterocycles. The van der Waals surface area contributed by atoms with Crippen molar-refractivity contribution in [1.82, 2.24) is 5.48 Å². The van der Waals surface area contributed by atoms with E-state index in [-0.39, 0.29) is 6.54 Å². The van der Waals surface area contributed by atoms with E-state index in [4.69, 9.17) is 0 Å². The summed E-state index contributed by atoms with van der Waals surface area (Å²) in [6.07, 6.45) is 13.3. The lowest BCUT2D eigenvalue weighted by molar-refractivity contribution is 0.162. The number of rotatable bonds is 13. The van der Waals surface area contributed by atoms with Crippen LogP contribution in [0, 0.1) is 5.21 Å². The second-order valence-corrected chi connectivity index (χ2v) is 4.97. The first-order chi connectivity index (χ1) is 8.31. The number of aliphatic hydroxyl groups excluding tert-OH is 1. The Morgan fingerprint density at radius 3 is 1.82 bits per heavy atom. The fourth-order valence-electron chi connectivity index (χ4n) is 2.07. The molecule has 1 unspecified atom stereocenters. The number of hydroxylamine groups is 1. The zero-order valence-electron chi connectivity index (χ0n) is 11.4. The van der Waals surface area contributed by atoms with Gasteiger partial charge in [0.25, 0.3) is 0 Å². The van der Waals surface area contributed by atoms with E-state index < -0.39 is 6.10 Å². The van der Waals surface area contributed by atoms with Crippen LogP contribution in [0.2, 0.25) is 0 Å². The van der Waals surface area contributed by atoms with Crippen molar-refractivity contribution in [3.63, 3.8) is 0 Å². The van der Waals surface area contributed by atoms with Gasteiger partial charge in [0.2, 0.25) is 0 Å². The Balaban J connectivity index is 2.98. The third-order valence-electron chi connectivity index (χ3n) is 3.21. The second-order valence-electron chi connectivity index (χ2n) is 4.97. The van der Waals surface area contributed by atoms with E-state index in [0.29, 0.717) is 0 Å². The van der Waals surface area contributed by atoms with Gasteiger partial charge in [0.05, 0.1) is 6.10 Å². The summed E-state index contributed by atoms with van der Waals surface area (Å²) in [5.74, 6) is 0. The molecule has 0 fully saturated rings. The highest BCUT2D eigenvalue weighted by Crippen LogP contribution is 2.11. The summed E-state index contributed by atoms with van der Waals surface area (Å²) in [6, 6.07) is 0. The molecule has 0 bridgehead atoms. The van der Waals surface area contributed by atoms with Crippen molar-refractivity contribution in [3.05, 3.63) is 5.21 Å². The van der Waals surface area contributed by atoms with Gasteiger partial charge in [-0.1, -0.05) is 71.1 Å². The lowest BCUT2D eigenvalue weighted by atomic mass is 10.0. The first kappa shape index (κ1) is 16.9. The molecule has 17 heavy (non-hydrogen) atoms. The Morgan fingerprint density at radius 2 is 1.35 bits per heavy atom. The Labute approximate surface area is 107 Å². The van der Waals surface area contributed by atoms with Crippen LogP contribution >= 0.6 is 0 Å². The van der Waals surface area contributed by atoms with Gasteiger partial charge in [-0.2, -0.15) is 0 Å². The summed E-state index contributed by atoms with van der Waals surface area (Å²) < 4.78 is 0. The summed E-state index contributed by atoms with van der Waals surface area (Å²) in [4.78, 5) is 0. The van der Waals surface area contributed by atoms with Gasteiger partial charge < -0.3 is 15.8 Å². The summed E-state index contributed by atoms with van der Waals surface area (Å²) >= 11 is 0. The van der Waals surface area contributed by atoms with E-state index in [9.17, 15) is 10.3 Å². The molecule has 0 aromatic heterocycles. The lowest BCUT2D eigenvalue weighted by Gasteiger charge is -2.13. The molecule has 0 rings (SSSR count). The summed E-state index contributed by atoms with van der Waals surface area (Å²) in [5, 5.41) is 19.3. The third-order valence-corrected chi connectivity index (χ3v) is 3.21. The van der Waals surface area contributed by atoms with Crippen LogP contribution in [0.4, 0.5) is 0 Å². The monoisotopic (exact) mass is 244 g/mol. The molecular weight excluding hydrogens is 214 g/mol. The zero-order valence-corrected chi connectivity index (χ0v) is 11.4. The molecule has 2 N–H and O–H groups in total. The number of nitrogens with one attached hydrogen (secondary N) is 1. The molecule has 0 radical (unpaired) electrons. The minimum Gasteiger partial charge on any atom is -0.788 e. The highest BCUT2D eigenvalue weighted by Gasteiger charge is 2.00. The van der Waals surface area contributed by atoms with Crippen molar-refractivity contribution < 1.29 is 5.11 Å². The van der Waals surface area contributed by atoms with Crippen LogP contribution in [0.1, 0.15) is 77.6 Å². The molecule has 3 nitrogen and oxygen atoms in total. The van der Waals surface area contributed by atoms with E-state index in [2.05, 4.69) is 6.92 Å². The SMILES string of the molecule is CCCCCCCCCCCCC(O)CN[O-]. The minimum absolute atomic E-state index is 0.178. The van der Waals surface area contributed by atoms with Crippen molar-refractivity contribution in [2.45, 2.75) is 83.7 Å². The number of hydrogen-bond donors (Lipinski definition) is 2. The molecule has 0 saturated heterocycles. The van der Waals surface area contributed by atoms with E-state index in [1.807, 2.05) is 0 Å². The molecule has 0 aliphatic rings. The predicted octanol–water partition coefficient (Wildman–Crippen LogP) is 3.75. The largest absolute Gasteiger partial charge is 0.788 e. The summed E-state index contributed by atoms with van der Waals surface area (Å²) in [7, 11) is 0. The molecule has 0 aromatic rings.